The van der Waals surface area contributed by atoms with Crippen LogP contribution in [-0.2, 0) is 29.1 Å². The van der Waals surface area contributed by atoms with Crippen LogP contribution in [0.15, 0.2) is 48.5 Å². The molecule has 9 heteroatoms. The first kappa shape index (κ1) is 24.4. The summed E-state index contributed by atoms with van der Waals surface area (Å²) in [4.78, 5) is 37.9. The molecule has 1 atom stereocenters. The van der Waals surface area contributed by atoms with Gasteiger partial charge in [0.25, 0.3) is 0 Å². The number of carboxylic acid groups (broad SMARTS) is 1. The minimum atomic E-state index is -0.929. The Labute approximate surface area is 197 Å². The van der Waals surface area contributed by atoms with Gasteiger partial charge in [-0.2, -0.15) is 11.8 Å². The van der Waals surface area contributed by atoms with Gasteiger partial charge >= 0.3 is 12.2 Å². The zero-order valence-electron chi connectivity index (χ0n) is 18.6. The monoisotopic (exact) mass is 471 g/mol. The Morgan fingerprint density at radius 1 is 1.15 bits per heavy atom. The first-order valence-electron chi connectivity index (χ1n) is 10.8. The van der Waals surface area contributed by atoms with Gasteiger partial charge in [0, 0.05) is 18.8 Å². The second-order valence-corrected chi connectivity index (χ2v) is 8.81. The minimum absolute atomic E-state index is 0.127. The third kappa shape index (κ3) is 7.42. The predicted molar refractivity (Wildman–Crippen MR) is 128 cm³/mol. The van der Waals surface area contributed by atoms with Gasteiger partial charge in [0.1, 0.15) is 12.6 Å². The van der Waals surface area contributed by atoms with Gasteiger partial charge in [0.15, 0.2) is 0 Å². The highest BCUT2D eigenvalue weighted by Gasteiger charge is 2.23. The number of fused-ring (bicyclic) bond motifs is 1. The van der Waals surface area contributed by atoms with Crippen LogP contribution in [0.5, 0.6) is 0 Å². The Kier molecular flexibility index (Phi) is 9.00. The maximum absolute atomic E-state index is 12.9. The first-order chi connectivity index (χ1) is 16.0. The van der Waals surface area contributed by atoms with Gasteiger partial charge in [-0.15, -0.1) is 0 Å². The van der Waals surface area contributed by atoms with Crippen LogP contribution in [0.3, 0.4) is 0 Å². The van der Waals surface area contributed by atoms with E-state index in [1.807, 2.05) is 48.7 Å². The topological polar surface area (TPSA) is 108 Å². The van der Waals surface area contributed by atoms with Crippen LogP contribution >= 0.6 is 11.8 Å². The standard InChI is InChI=1S/C24H29N3O5S/c1-33-13-11-21(26-23(29)32-16-17-6-3-2-4-7-17)22(28)25-20-10-9-19-15-27(24(30)31)12-5-8-18(19)14-20/h2-4,6-7,9-10,14,21H,5,8,11-13,15-16H2,1H3,(H,25,28)(H,26,29)(H,30,31)/t21-/m0/s1. The number of anilines is 1. The van der Waals surface area contributed by atoms with E-state index in [0.717, 1.165) is 29.5 Å². The second kappa shape index (κ2) is 12.2. The van der Waals surface area contributed by atoms with Crippen LogP contribution in [0.4, 0.5) is 15.3 Å². The molecule has 2 aromatic rings. The molecule has 176 valence electrons. The number of nitrogens with zero attached hydrogens (tertiary/aromatic N) is 1. The maximum Gasteiger partial charge on any atom is 0.408 e. The fraction of sp³-hybridized carbons (Fsp3) is 0.375. The molecule has 1 heterocycles. The van der Waals surface area contributed by atoms with Crippen molar-refractivity contribution in [1.82, 2.24) is 10.2 Å². The zero-order chi connectivity index (χ0) is 23.6. The van der Waals surface area contributed by atoms with Crippen LogP contribution in [-0.4, -0.2) is 52.7 Å². The third-order valence-electron chi connectivity index (χ3n) is 5.41. The average molecular weight is 472 g/mol. The molecule has 0 aliphatic carbocycles. The van der Waals surface area contributed by atoms with E-state index in [0.29, 0.717) is 31.0 Å². The molecule has 1 aliphatic heterocycles. The summed E-state index contributed by atoms with van der Waals surface area (Å²) in [5.74, 6) is 0.383. The maximum atomic E-state index is 12.9. The van der Waals surface area contributed by atoms with Crippen LogP contribution < -0.4 is 10.6 Å². The highest BCUT2D eigenvalue weighted by molar-refractivity contribution is 7.98. The van der Waals surface area contributed by atoms with Crippen molar-refractivity contribution in [2.75, 3.05) is 23.9 Å². The van der Waals surface area contributed by atoms with E-state index in [1.54, 1.807) is 17.8 Å². The summed E-state index contributed by atoms with van der Waals surface area (Å²) in [5, 5.41) is 14.9. The molecule has 0 aromatic heterocycles. The lowest BCUT2D eigenvalue weighted by atomic mass is 10.0. The molecule has 0 unspecified atom stereocenters. The molecule has 8 nitrogen and oxygen atoms in total. The molecular formula is C24H29N3O5S. The van der Waals surface area contributed by atoms with Gasteiger partial charge in [-0.1, -0.05) is 36.4 Å². The molecule has 0 saturated carbocycles. The van der Waals surface area contributed by atoms with Gasteiger partial charge in [-0.3, -0.25) is 4.79 Å². The lowest BCUT2D eigenvalue weighted by molar-refractivity contribution is -0.118. The normalized spacial score (nSPS) is 13.9. The highest BCUT2D eigenvalue weighted by atomic mass is 32.2. The van der Waals surface area contributed by atoms with Crippen molar-refractivity contribution < 1.29 is 24.2 Å². The molecule has 1 aliphatic rings. The Morgan fingerprint density at radius 2 is 1.94 bits per heavy atom. The van der Waals surface area contributed by atoms with E-state index in [2.05, 4.69) is 10.6 Å². The summed E-state index contributed by atoms with van der Waals surface area (Å²) in [5.41, 5.74) is 3.45. The molecule has 3 rings (SSSR count). The summed E-state index contributed by atoms with van der Waals surface area (Å²) < 4.78 is 5.27. The largest absolute Gasteiger partial charge is 0.465 e. The van der Waals surface area contributed by atoms with Gasteiger partial charge in [-0.05, 0) is 60.1 Å². The number of hydrogen-bond acceptors (Lipinski definition) is 5. The number of alkyl carbamates (subject to hydrolysis) is 1. The summed E-state index contributed by atoms with van der Waals surface area (Å²) in [7, 11) is 0. The van der Waals surface area contributed by atoms with Crippen LogP contribution in [0, 0.1) is 0 Å². The number of nitrogens with one attached hydrogen (secondary N) is 2. The van der Waals surface area contributed by atoms with Crippen molar-refractivity contribution in [1.29, 1.82) is 0 Å². The number of carbonyl (C=O) groups is 3. The van der Waals surface area contributed by atoms with E-state index in [9.17, 15) is 19.5 Å². The van der Waals surface area contributed by atoms with E-state index in [4.69, 9.17) is 4.74 Å². The summed E-state index contributed by atoms with van der Waals surface area (Å²) in [6, 6.07) is 14.1. The molecule has 0 bridgehead atoms. The van der Waals surface area contributed by atoms with Gasteiger partial charge in [-0.25, -0.2) is 9.59 Å². The molecule has 33 heavy (non-hydrogen) atoms. The fourth-order valence-corrected chi connectivity index (χ4v) is 4.11. The van der Waals surface area contributed by atoms with Gasteiger partial charge < -0.3 is 25.4 Å². The third-order valence-corrected chi connectivity index (χ3v) is 6.06. The molecular weight excluding hydrogens is 442 g/mol. The number of thioether (sulfide) groups is 1. The predicted octanol–water partition coefficient (Wildman–Crippen LogP) is 4.10. The second-order valence-electron chi connectivity index (χ2n) is 7.82. The van der Waals surface area contributed by atoms with Crippen molar-refractivity contribution in [3.63, 3.8) is 0 Å². The molecule has 0 spiro atoms. The Balaban J connectivity index is 1.61. The van der Waals surface area contributed by atoms with Gasteiger partial charge in [0.2, 0.25) is 5.91 Å². The Bertz CT molecular complexity index is 970. The Morgan fingerprint density at radius 3 is 2.67 bits per heavy atom. The molecule has 0 fully saturated rings. The number of amides is 3. The van der Waals surface area contributed by atoms with Crippen molar-refractivity contribution in [3.05, 3.63) is 65.2 Å². The quantitative estimate of drug-likeness (QED) is 0.535. The van der Waals surface area contributed by atoms with Crippen molar-refractivity contribution in [2.24, 2.45) is 0 Å². The highest BCUT2D eigenvalue weighted by Crippen LogP contribution is 2.23. The molecule has 0 saturated heterocycles. The summed E-state index contributed by atoms with van der Waals surface area (Å²) in [6.07, 6.45) is 2.30. The minimum Gasteiger partial charge on any atom is -0.465 e. The number of ether oxygens (including phenoxy) is 1. The van der Waals surface area contributed by atoms with Crippen LogP contribution in [0.2, 0.25) is 0 Å². The van der Waals surface area contributed by atoms with Crippen LogP contribution in [0.25, 0.3) is 0 Å². The smallest absolute Gasteiger partial charge is 0.408 e. The molecule has 0 radical (unpaired) electrons. The zero-order valence-corrected chi connectivity index (χ0v) is 19.4. The number of carbonyl (C=O) groups excluding carboxylic acids is 2. The van der Waals surface area contributed by atoms with Crippen molar-refractivity contribution in [3.8, 4) is 0 Å². The number of rotatable bonds is 8. The molecule has 2 aromatic carbocycles. The number of aryl methyl sites for hydroxylation is 1. The average Bonchev–Trinajstić information content (AvgIpc) is 3.03. The van der Waals surface area contributed by atoms with E-state index < -0.39 is 18.2 Å². The summed E-state index contributed by atoms with van der Waals surface area (Å²) in [6.45, 7) is 0.948. The molecule has 3 N–H and O–H groups in total. The summed E-state index contributed by atoms with van der Waals surface area (Å²) >= 11 is 1.59. The lowest BCUT2D eigenvalue weighted by Crippen LogP contribution is -2.44. The Hall–Kier alpha value is -3.20. The number of benzene rings is 2. The van der Waals surface area contributed by atoms with E-state index >= 15 is 0 Å². The lowest BCUT2D eigenvalue weighted by Gasteiger charge is -2.19. The van der Waals surface area contributed by atoms with E-state index in [-0.39, 0.29) is 12.5 Å². The van der Waals surface area contributed by atoms with Crippen molar-refractivity contribution >= 4 is 35.5 Å². The number of hydrogen-bond donors (Lipinski definition) is 3. The van der Waals surface area contributed by atoms with Crippen molar-refractivity contribution in [2.45, 2.75) is 38.5 Å². The van der Waals surface area contributed by atoms with E-state index in [1.165, 1.54) is 4.90 Å². The molecule has 3 amide bonds. The fourth-order valence-electron chi connectivity index (χ4n) is 3.64. The first-order valence-corrected chi connectivity index (χ1v) is 12.2. The SMILES string of the molecule is CSCC[C@H](NC(=O)OCc1ccccc1)C(=O)Nc1ccc2c(c1)CCCN(C(=O)O)C2. The van der Waals surface area contributed by atoms with Gasteiger partial charge in [0.05, 0.1) is 0 Å². The van der Waals surface area contributed by atoms with Crippen LogP contribution in [0.1, 0.15) is 29.5 Å².